The second kappa shape index (κ2) is 8.14. The smallest absolute Gasteiger partial charge is 0.135 e. The van der Waals surface area contributed by atoms with Crippen molar-refractivity contribution in [1.82, 2.24) is 14.9 Å². The highest BCUT2D eigenvalue weighted by Gasteiger charge is 2.18. The normalized spacial score (nSPS) is 14.9. The minimum absolute atomic E-state index is 0.252. The maximum Gasteiger partial charge on any atom is 0.135 e. The molecule has 0 amide bonds. The number of nitrogens with zero attached hydrogens (tertiary/aromatic N) is 4. The quantitative estimate of drug-likeness (QED) is 0.749. The zero-order valence-corrected chi connectivity index (χ0v) is 15.1. The first-order valence-electron chi connectivity index (χ1n) is 9.12. The van der Waals surface area contributed by atoms with Crippen LogP contribution in [0.25, 0.3) is 0 Å². The molecule has 0 atom stereocenters. The Bertz CT molecular complexity index is 861. The third-order valence-corrected chi connectivity index (χ3v) is 4.71. The highest BCUT2D eigenvalue weighted by Crippen LogP contribution is 2.20. The highest BCUT2D eigenvalue weighted by atomic mass is 19.1. The number of aromatic nitrogens is 2. The molecule has 0 saturated carbocycles. The minimum atomic E-state index is -0.252. The lowest BCUT2D eigenvalue weighted by atomic mass is 10.2. The number of hydrogen-bond donors (Lipinski definition) is 1. The fraction of sp³-hybridized carbons (Fsp3) is 0.238. The predicted molar refractivity (Wildman–Crippen MR) is 106 cm³/mol. The van der Waals surface area contributed by atoms with E-state index in [9.17, 15) is 4.39 Å². The van der Waals surface area contributed by atoms with Crippen molar-refractivity contribution in [1.29, 1.82) is 0 Å². The Morgan fingerprint density at radius 1 is 0.889 bits per heavy atom. The Kier molecular flexibility index (Phi) is 5.25. The Morgan fingerprint density at radius 2 is 1.63 bits per heavy atom. The number of anilines is 3. The second-order valence-corrected chi connectivity index (χ2v) is 6.64. The van der Waals surface area contributed by atoms with E-state index in [1.54, 1.807) is 18.5 Å². The summed E-state index contributed by atoms with van der Waals surface area (Å²) in [6, 6.07) is 18.7. The van der Waals surface area contributed by atoms with Gasteiger partial charge < -0.3 is 10.2 Å². The molecule has 3 aromatic rings. The number of piperazine rings is 1. The van der Waals surface area contributed by atoms with Gasteiger partial charge >= 0.3 is 0 Å². The summed E-state index contributed by atoms with van der Waals surface area (Å²) < 4.78 is 13.0. The highest BCUT2D eigenvalue weighted by molar-refractivity contribution is 5.59. The zero-order chi connectivity index (χ0) is 18.5. The van der Waals surface area contributed by atoms with Crippen LogP contribution >= 0.6 is 0 Å². The molecule has 0 radical (unpaired) electrons. The molecule has 1 aliphatic rings. The van der Waals surface area contributed by atoms with Gasteiger partial charge in [0.25, 0.3) is 0 Å². The van der Waals surface area contributed by atoms with E-state index in [0.29, 0.717) is 5.82 Å². The topological polar surface area (TPSA) is 44.3 Å². The number of hydrogen-bond acceptors (Lipinski definition) is 5. The molecular weight excluding hydrogens is 341 g/mol. The Labute approximate surface area is 158 Å². The molecule has 0 aliphatic carbocycles. The van der Waals surface area contributed by atoms with Crippen LogP contribution in [-0.4, -0.2) is 41.0 Å². The summed E-state index contributed by atoms with van der Waals surface area (Å²) in [7, 11) is 0. The third kappa shape index (κ3) is 4.60. The molecule has 0 spiro atoms. The molecular formula is C21H22FN5. The summed E-state index contributed by atoms with van der Waals surface area (Å²) in [5, 5.41) is 3.20. The molecule has 1 N–H and O–H groups in total. The van der Waals surface area contributed by atoms with Crippen LogP contribution in [0, 0.1) is 5.82 Å². The molecule has 1 aromatic heterocycles. The van der Waals surface area contributed by atoms with E-state index < -0.39 is 0 Å². The zero-order valence-electron chi connectivity index (χ0n) is 15.1. The van der Waals surface area contributed by atoms with E-state index in [2.05, 4.69) is 49.4 Å². The fourth-order valence-corrected chi connectivity index (χ4v) is 3.25. The van der Waals surface area contributed by atoms with Crippen LogP contribution in [0.2, 0.25) is 0 Å². The maximum atomic E-state index is 13.0. The van der Waals surface area contributed by atoms with Crippen molar-refractivity contribution in [3.05, 3.63) is 78.4 Å². The summed E-state index contributed by atoms with van der Waals surface area (Å²) in [5.74, 6) is 1.37. The molecule has 1 aliphatic heterocycles. The first-order chi connectivity index (χ1) is 13.3. The first-order valence-corrected chi connectivity index (χ1v) is 9.12. The summed E-state index contributed by atoms with van der Waals surface area (Å²) >= 11 is 0. The van der Waals surface area contributed by atoms with Gasteiger partial charge in [0.05, 0.1) is 0 Å². The fourth-order valence-electron chi connectivity index (χ4n) is 3.25. The van der Waals surface area contributed by atoms with Crippen molar-refractivity contribution < 1.29 is 4.39 Å². The Morgan fingerprint density at radius 3 is 2.37 bits per heavy atom. The minimum Gasteiger partial charge on any atom is -0.354 e. The van der Waals surface area contributed by atoms with Gasteiger partial charge in [-0.1, -0.05) is 30.3 Å². The van der Waals surface area contributed by atoms with E-state index in [4.69, 9.17) is 0 Å². The predicted octanol–water partition coefficient (Wildman–Crippen LogP) is 3.68. The van der Waals surface area contributed by atoms with Gasteiger partial charge in [-0.05, 0) is 29.8 Å². The Balaban J connectivity index is 1.36. The lowest BCUT2D eigenvalue weighted by Gasteiger charge is -2.35. The van der Waals surface area contributed by atoms with Crippen molar-refractivity contribution in [3.63, 3.8) is 0 Å². The molecule has 1 saturated heterocycles. The summed E-state index contributed by atoms with van der Waals surface area (Å²) in [6.45, 7) is 4.84. The van der Waals surface area contributed by atoms with Gasteiger partial charge in [0.15, 0.2) is 0 Å². The van der Waals surface area contributed by atoms with Gasteiger partial charge in [-0.15, -0.1) is 0 Å². The van der Waals surface area contributed by atoms with Crippen LogP contribution in [0.1, 0.15) is 5.56 Å². The van der Waals surface area contributed by atoms with Crippen molar-refractivity contribution in [2.24, 2.45) is 0 Å². The summed E-state index contributed by atoms with van der Waals surface area (Å²) in [4.78, 5) is 13.4. The number of benzene rings is 2. The van der Waals surface area contributed by atoms with Gasteiger partial charge in [0.2, 0.25) is 0 Å². The third-order valence-electron chi connectivity index (χ3n) is 4.71. The van der Waals surface area contributed by atoms with E-state index in [1.807, 2.05) is 12.1 Å². The van der Waals surface area contributed by atoms with Crippen molar-refractivity contribution in [2.75, 3.05) is 36.4 Å². The number of halogens is 1. The first kappa shape index (κ1) is 17.4. The molecule has 1 fully saturated rings. The van der Waals surface area contributed by atoms with E-state index in [-0.39, 0.29) is 5.82 Å². The average molecular weight is 363 g/mol. The summed E-state index contributed by atoms with van der Waals surface area (Å²) in [5.41, 5.74) is 2.15. The molecule has 0 bridgehead atoms. The van der Waals surface area contributed by atoms with Crippen LogP contribution in [0.4, 0.5) is 21.7 Å². The lowest BCUT2D eigenvalue weighted by molar-refractivity contribution is 0.249. The summed E-state index contributed by atoms with van der Waals surface area (Å²) in [6.07, 6.45) is 1.57. The molecule has 27 heavy (non-hydrogen) atoms. The van der Waals surface area contributed by atoms with Gasteiger partial charge in [-0.25, -0.2) is 14.4 Å². The molecule has 2 heterocycles. The number of nitrogens with one attached hydrogen (secondary N) is 1. The lowest BCUT2D eigenvalue weighted by Crippen LogP contribution is -2.46. The maximum absolute atomic E-state index is 13.0. The van der Waals surface area contributed by atoms with Crippen molar-refractivity contribution in [2.45, 2.75) is 6.54 Å². The van der Waals surface area contributed by atoms with Crippen LogP contribution in [0.15, 0.2) is 67.0 Å². The Hall–Kier alpha value is -2.99. The molecule has 4 rings (SSSR count). The standard InChI is InChI=1S/C21H22FN5/c22-18-6-8-19(9-7-18)25-20-14-21(24-16-23-20)27-12-10-26(11-13-27)15-17-4-2-1-3-5-17/h1-9,14,16H,10-13,15H2,(H,23,24,25). The monoisotopic (exact) mass is 363 g/mol. The van der Waals surface area contributed by atoms with Crippen molar-refractivity contribution in [3.8, 4) is 0 Å². The van der Waals surface area contributed by atoms with Crippen molar-refractivity contribution >= 4 is 17.3 Å². The molecule has 138 valence electrons. The molecule has 6 heteroatoms. The van der Waals surface area contributed by atoms with Crippen LogP contribution in [-0.2, 0) is 6.54 Å². The number of rotatable bonds is 5. The van der Waals surface area contributed by atoms with Crippen LogP contribution < -0.4 is 10.2 Å². The largest absolute Gasteiger partial charge is 0.354 e. The van der Waals surface area contributed by atoms with Crippen LogP contribution in [0.5, 0.6) is 0 Å². The van der Waals surface area contributed by atoms with Gasteiger partial charge in [-0.3, -0.25) is 4.90 Å². The van der Waals surface area contributed by atoms with E-state index in [1.165, 1.54) is 17.7 Å². The molecule has 5 nitrogen and oxygen atoms in total. The van der Waals surface area contributed by atoms with E-state index in [0.717, 1.165) is 44.2 Å². The molecule has 0 unspecified atom stereocenters. The van der Waals surface area contributed by atoms with E-state index >= 15 is 0 Å². The SMILES string of the molecule is Fc1ccc(Nc2cc(N3CCN(Cc4ccccc4)CC3)ncn2)cc1. The average Bonchev–Trinajstić information content (AvgIpc) is 2.71. The van der Waals surface area contributed by atoms with Crippen LogP contribution in [0.3, 0.4) is 0 Å². The molecule has 2 aromatic carbocycles. The van der Waals surface area contributed by atoms with Gasteiger partial charge in [0, 0.05) is 44.5 Å². The van der Waals surface area contributed by atoms with Gasteiger partial charge in [-0.2, -0.15) is 0 Å². The second-order valence-electron chi connectivity index (χ2n) is 6.64. The van der Waals surface area contributed by atoms with Gasteiger partial charge in [0.1, 0.15) is 23.8 Å².